The van der Waals surface area contributed by atoms with Crippen molar-refractivity contribution in [3.05, 3.63) is 215 Å². The highest BCUT2D eigenvalue weighted by atomic mass is 16.7. The number of ether oxygens (including phenoxy) is 9. The highest BCUT2D eigenvalue weighted by Gasteiger charge is 2.54. The molecule has 10 atom stereocenters. The second-order valence-corrected chi connectivity index (χ2v) is 16.2. The van der Waals surface area contributed by atoms with Gasteiger partial charge < -0.3 is 47.7 Å². The van der Waals surface area contributed by atoms with Gasteiger partial charge in [0.1, 0.15) is 36.6 Å². The summed E-state index contributed by atoms with van der Waals surface area (Å²) in [6.07, 6.45) is -10.1. The molecule has 1 N–H and O–H groups in total. The van der Waals surface area contributed by atoms with Crippen LogP contribution in [0.3, 0.4) is 0 Å². The van der Waals surface area contributed by atoms with Crippen LogP contribution >= 0.6 is 0 Å². The topological polar surface area (TPSA) is 120 Å². The van der Waals surface area contributed by atoms with E-state index in [0.717, 1.165) is 27.8 Å². The van der Waals surface area contributed by atoms with Gasteiger partial charge in [-0.05, 0) is 46.9 Å². The number of esters is 1. The van der Waals surface area contributed by atoms with Crippen molar-refractivity contribution in [2.45, 2.75) is 101 Å². The lowest BCUT2D eigenvalue weighted by atomic mass is 9.96. The van der Waals surface area contributed by atoms with Gasteiger partial charge in [0.05, 0.1) is 51.3 Å². The van der Waals surface area contributed by atoms with E-state index in [2.05, 4.69) is 0 Å². The Hall–Kier alpha value is -5.57. The first-order valence-corrected chi connectivity index (χ1v) is 22.1. The van der Waals surface area contributed by atoms with E-state index in [1.54, 1.807) is 37.3 Å². The SMILES string of the molecule is C[C@@H]1OC(O)[C@H](OC(=O)c2ccccc2)[C@H](O[C@H]2O[C@H](COCc3ccccc3)[C@@H](OCc3ccccc3)[C@H](OCc3ccccc3)[C@H]2OCc2ccccc2)[C@H]1OCc1ccccc1. The third kappa shape index (κ3) is 12.8. The molecule has 2 saturated heterocycles. The van der Waals surface area contributed by atoms with Crippen LogP contribution in [-0.2, 0) is 75.7 Å². The van der Waals surface area contributed by atoms with Gasteiger partial charge >= 0.3 is 5.97 Å². The molecule has 11 heteroatoms. The van der Waals surface area contributed by atoms with Gasteiger partial charge in [0.2, 0.25) is 0 Å². The summed E-state index contributed by atoms with van der Waals surface area (Å²) in [4.78, 5) is 13.8. The predicted molar refractivity (Wildman–Crippen MR) is 242 cm³/mol. The molecule has 2 fully saturated rings. The molecule has 2 heterocycles. The maximum atomic E-state index is 13.8. The number of hydrogen-bond donors (Lipinski definition) is 1. The van der Waals surface area contributed by atoms with Crippen LogP contribution < -0.4 is 0 Å². The predicted octanol–water partition coefficient (Wildman–Crippen LogP) is 8.62. The normalized spacial score (nSPS) is 25.4. The van der Waals surface area contributed by atoms with E-state index in [1.807, 2.05) is 152 Å². The molecular formula is C54H56O11. The van der Waals surface area contributed by atoms with Gasteiger partial charge in [-0.3, -0.25) is 0 Å². The Labute approximate surface area is 380 Å². The highest BCUT2D eigenvalue weighted by Crippen LogP contribution is 2.36. The van der Waals surface area contributed by atoms with Crippen molar-refractivity contribution < 1.29 is 52.5 Å². The molecular weight excluding hydrogens is 825 g/mol. The quantitative estimate of drug-likeness (QED) is 0.0743. The van der Waals surface area contributed by atoms with Crippen molar-refractivity contribution in [3.63, 3.8) is 0 Å². The minimum absolute atomic E-state index is 0.0952. The van der Waals surface area contributed by atoms with Crippen molar-refractivity contribution in [1.82, 2.24) is 0 Å². The molecule has 0 aliphatic carbocycles. The molecule has 1 unspecified atom stereocenters. The van der Waals surface area contributed by atoms with Gasteiger partial charge in [-0.15, -0.1) is 0 Å². The van der Waals surface area contributed by atoms with Gasteiger partial charge in [-0.1, -0.05) is 170 Å². The maximum absolute atomic E-state index is 13.8. The van der Waals surface area contributed by atoms with Gasteiger partial charge in [0.15, 0.2) is 18.7 Å². The second kappa shape index (κ2) is 23.6. The van der Waals surface area contributed by atoms with Gasteiger partial charge in [-0.2, -0.15) is 0 Å². The van der Waals surface area contributed by atoms with Crippen LogP contribution in [0.5, 0.6) is 0 Å². The Morgan fingerprint density at radius 1 is 0.462 bits per heavy atom. The molecule has 8 rings (SSSR count). The zero-order chi connectivity index (χ0) is 44.6. The Balaban J connectivity index is 1.18. The smallest absolute Gasteiger partial charge is 0.338 e. The van der Waals surface area contributed by atoms with Crippen LogP contribution in [0, 0.1) is 0 Å². The van der Waals surface area contributed by atoms with Gasteiger partial charge in [0.25, 0.3) is 0 Å². The van der Waals surface area contributed by atoms with Crippen molar-refractivity contribution in [3.8, 4) is 0 Å². The lowest BCUT2D eigenvalue weighted by molar-refractivity contribution is -0.368. The number of carbonyl (C=O) groups excluding carboxylic acids is 1. The van der Waals surface area contributed by atoms with E-state index in [-0.39, 0.29) is 33.0 Å². The Morgan fingerprint density at radius 3 is 1.34 bits per heavy atom. The molecule has 338 valence electrons. The average Bonchev–Trinajstić information content (AvgIpc) is 3.35. The molecule has 6 aromatic rings. The zero-order valence-electron chi connectivity index (χ0n) is 36.4. The van der Waals surface area contributed by atoms with E-state index >= 15 is 0 Å². The molecule has 0 aromatic heterocycles. The summed E-state index contributed by atoms with van der Waals surface area (Å²) in [5.74, 6) is -0.671. The fraction of sp³-hybridized carbons (Fsp3) is 0.315. The van der Waals surface area contributed by atoms with E-state index in [0.29, 0.717) is 12.2 Å². The molecule has 6 aromatic carbocycles. The number of aliphatic hydroxyl groups excluding tert-OH is 1. The summed E-state index contributed by atoms with van der Waals surface area (Å²) in [5, 5.41) is 11.6. The summed E-state index contributed by atoms with van der Waals surface area (Å²) in [7, 11) is 0. The fourth-order valence-electron chi connectivity index (χ4n) is 8.05. The van der Waals surface area contributed by atoms with Crippen LogP contribution in [0.4, 0.5) is 0 Å². The fourth-order valence-corrected chi connectivity index (χ4v) is 8.05. The Bertz CT molecular complexity index is 2270. The standard InChI is InChI=1S/C54H56O11/c1-38-46(58-33-40-22-10-3-11-23-40)49(50(53(56)62-38)64-52(55)44-30-18-7-19-31-44)65-54-51(61-36-43-28-16-6-17-29-43)48(60-35-42-26-14-5-15-27-42)47(59-34-41-24-12-4-13-25-41)45(63-54)37-57-32-39-20-8-2-9-21-39/h2-31,38,45-51,53-54,56H,32-37H2,1H3/t38-,45+,46-,47+,48-,49+,50+,51+,53?,54+/m0/s1. The van der Waals surface area contributed by atoms with Crippen LogP contribution in [0.15, 0.2) is 182 Å². The second-order valence-electron chi connectivity index (χ2n) is 16.2. The van der Waals surface area contributed by atoms with Crippen LogP contribution in [0.25, 0.3) is 0 Å². The minimum Gasteiger partial charge on any atom is -0.450 e. The molecule has 0 spiro atoms. The molecule has 0 radical (unpaired) electrons. The monoisotopic (exact) mass is 880 g/mol. The largest absolute Gasteiger partial charge is 0.450 e. The van der Waals surface area contributed by atoms with E-state index in [9.17, 15) is 9.90 Å². The first kappa shape index (κ1) is 46.0. The molecule has 0 amide bonds. The molecule has 2 aliphatic heterocycles. The summed E-state index contributed by atoms with van der Waals surface area (Å²) >= 11 is 0. The van der Waals surface area contributed by atoms with Crippen molar-refractivity contribution in [2.75, 3.05) is 6.61 Å². The van der Waals surface area contributed by atoms with Crippen molar-refractivity contribution in [1.29, 1.82) is 0 Å². The lowest BCUT2D eigenvalue weighted by Crippen LogP contribution is -2.66. The molecule has 2 aliphatic rings. The number of carbonyl (C=O) groups is 1. The first-order chi connectivity index (χ1) is 32.0. The average molecular weight is 881 g/mol. The summed E-state index contributed by atoms with van der Waals surface area (Å²) in [6.45, 7) is 3.03. The van der Waals surface area contributed by atoms with Gasteiger partial charge in [-0.25, -0.2) is 4.79 Å². The zero-order valence-corrected chi connectivity index (χ0v) is 36.4. The number of rotatable bonds is 20. The summed E-state index contributed by atoms with van der Waals surface area (Å²) in [5.41, 5.74) is 5.01. The maximum Gasteiger partial charge on any atom is 0.338 e. The number of hydrogen-bond acceptors (Lipinski definition) is 11. The number of aliphatic hydroxyl groups is 1. The van der Waals surface area contributed by atoms with E-state index < -0.39 is 67.4 Å². The van der Waals surface area contributed by atoms with Crippen LogP contribution in [0.2, 0.25) is 0 Å². The number of benzene rings is 6. The lowest BCUT2D eigenvalue weighted by Gasteiger charge is -2.49. The molecule has 0 saturated carbocycles. The Kier molecular flexibility index (Phi) is 16.7. The van der Waals surface area contributed by atoms with Crippen LogP contribution in [-0.4, -0.2) is 79.1 Å². The third-order valence-electron chi connectivity index (χ3n) is 11.4. The first-order valence-electron chi connectivity index (χ1n) is 22.1. The third-order valence-corrected chi connectivity index (χ3v) is 11.4. The van der Waals surface area contributed by atoms with E-state index in [4.69, 9.17) is 42.6 Å². The molecule has 65 heavy (non-hydrogen) atoms. The van der Waals surface area contributed by atoms with Gasteiger partial charge in [0, 0.05) is 0 Å². The summed E-state index contributed by atoms with van der Waals surface area (Å²) in [6, 6.07) is 57.7. The Morgan fingerprint density at radius 2 is 0.862 bits per heavy atom. The van der Waals surface area contributed by atoms with Crippen LogP contribution in [0.1, 0.15) is 45.1 Å². The summed E-state index contributed by atoms with van der Waals surface area (Å²) < 4.78 is 60.1. The minimum atomic E-state index is -1.58. The van der Waals surface area contributed by atoms with Crippen molar-refractivity contribution in [2.24, 2.45) is 0 Å². The van der Waals surface area contributed by atoms with E-state index in [1.165, 1.54) is 0 Å². The molecule has 0 bridgehead atoms. The van der Waals surface area contributed by atoms with Crippen molar-refractivity contribution >= 4 is 5.97 Å². The highest BCUT2D eigenvalue weighted by molar-refractivity contribution is 5.89. The molecule has 11 nitrogen and oxygen atoms in total.